The number of nitrogens with zero attached hydrogens (tertiary/aromatic N) is 2. The minimum Gasteiger partial charge on any atom is -0.459 e. The second-order valence-corrected chi connectivity index (χ2v) is 7.15. The zero-order valence-corrected chi connectivity index (χ0v) is 16.0. The van der Waals surface area contributed by atoms with Crippen LogP contribution in [0.15, 0.2) is 59.1 Å². The van der Waals surface area contributed by atoms with Gasteiger partial charge in [-0.25, -0.2) is 0 Å². The molecule has 0 bridgehead atoms. The highest BCUT2D eigenvalue weighted by atomic mass is 35.5. The number of nitrogens with one attached hydrogen (secondary N) is 1. The van der Waals surface area contributed by atoms with E-state index in [2.05, 4.69) is 10.3 Å². The van der Waals surface area contributed by atoms with Crippen molar-refractivity contribution in [2.75, 3.05) is 7.05 Å². The van der Waals surface area contributed by atoms with Crippen LogP contribution in [0.4, 0.5) is 0 Å². The number of aromatic nitrogens is 1. The van der Waals surface area contributed by atoms with E-state index in [1.54, 1.807) is 6.20 Å². The molecule has 4 rings (SSSR count). The number of rotatable bonds is 3. The van der Waals surface area contributed by atoms with Crippen molar-refractivity contribution < 1.29 is 4.42 Å². The van der Waals surface area contributed by atoms with E-state index >= 15 is 0 Å². The van der Waals surface area contributed by atoms with Gasteiger partial charge in [-0.3, -0.25) is 4.98 Å². The summed E-state index contributed by atoms with van der Waals surface area (Å²) in [5.41, 5.74) is 2.93. The molecule has 1 fully saturated rings. The molecule has 2 aromatic heterocycles. The molecule has 2 unspecified atom stereocenters. The summed E-state index contributed by atoms with van der Waals surface area (Å²) in [6, 6.07) is 15.6. The van der Waals surface area contributed by atoms with E-state index in [1.165, 1.54) is 0 Å². The fraction of sp³-hybridized carbons (Fsp3) is 0.200. The molecule has 0 spiro atoms. The number of thiocarbonyl (C=S) groups is 1. The number of furan rings is 1. The van der Waals surface area contributed by atoms with Crippen molar-refractivity contribution in [1.29, 1.82) is 0 Å². The lowest BCUT2D eigenvalue weighted by atomic mass is 10.0. The van der Waals surface area contributed by atoms with Crippen LogP contribution in [0.1, 0.15) is 29.1 Å². The van der Waals surface area contributed by atoms with E-state index in [4.69, 9.17) is 28.2 Å². The van der Waals surface area contributed by atoms with Gasteiger partial charge in [0.1, 0.15) is 17.6 Å². The highest BCUT2D eigenvalue weighted by Crippen LogP contribution is 2.40. The van der Waals surface area contributed by atoms with Gasteiger partial charge in [-0.2, -0.15) is 0 Å². The summed E-state index contributed by atoms with van der Waals surface area (Å²) in [5.74, 6) is 1.64. The Morgan fingerprint density at radius 3 is 2.77 bits per heavy atom. The second kappa shape index (κ2) is 6.74. The molecule has 6 heteroatoms. The Hall–Kier alpha value is -2.37. The van der Waals surface area contributed by atoms with Gasteiger partial charge in [0, 0.05) is 23.8 Å². The van der Waals surface area contributed by atoms with E-state index in [9.17, 15) is 0 Å². The first kappa shape index (κ1) is 17.1. The van der Waals surface area contributed by atoms with Crippen molar-refractivity contribution in [3.05, 3.63) is 76.8 Å². The summed E-state index contributed by atoms with van der Waals surface area (Å²) in [6.07, 6.45) is 1.79. The van der Waals surface area contributed by atoms with Crippen LogP contribution < -0.4 is 5.32 Å². The van der Waals surface area contributed by atoms with E-state index in [1.807, 2.05) is 67.4 Å². The second-order valence-electron chi connectivity index (χ2n) is 6.35. The maximum absolute atomic E-state index is 6.26. The van der Waals surface area contributed by atoms with Gasteiger partial charge < -0.3 is 14.6 Å². The zero-order valence-electron chi connectivity index (χ0n) is 14.4. The van der Waals surface area contributed by atoms with Gasteiger partial charge in [-0.05, 0) is 55.0 Å². The van der Waals surface area contributed by atoms with Crippen LogP contribution >= 0.6 is 23.8 Å². The van der Waals surface area contributed by atoms with Gasteiger partial charge in [0.15, 0.2) is 5.11 Å². The molecule has 0 amide bonds. The van der Waals surface area contributed by atoms with Gasteiger partial charge in [-0.15, -0.1) is 0 Å². The Morgan fingerprint density at radius 1 is 1.15 bits per heavy atom. The van der Waals surface area contributed by atoms with Gasteiger partial charge in [0.25, 0.3) is 0 Å². The average Bonchev–Trinajstić information content (AvgIpc) is 3.23. The van der Waals surface area contributed by atoms with Gasteiger partial charge in [0.2, 0.25) is 0 Å². The van der Waals surface area contributed by atoms with Crippen molar-refractivity contribution in [2.24, 2.45) is 0 Å². The van der Waals surface area contributed by atoms with Crippen molar-refractivity contribution >= 4 is 28.9 Å². The zero-order chi connectivity index (χ0) is 18.3. The van der Waals surface area contributed by atoms with Crippen LogP contribution in [-0.4, -0.2) is 22.0 Å². The van der Waals surface area contributed by atoms with E-state index in [0.717, 1.165) is 33.4 Å². The quantitative estimate of drug-likeness (QED) is 0.651. The van der Waals surface area contributed by atoms with Gasteiger partial charge >= 0.3 is 0 Å². The SMILES string of the molecule is Cc1c(Cl)cccc1-c1ccc(C2C(c3ccccn3)NC(=S)N2C)o1. The minimum absolute atomic E-state index is 0.0619. The summed E-state index contributed by atoms with van der Waals surface area (Å²) in [4.78, 5) is 6.50. The summed E-state index contributed by atoms with van der Waals surface area (Å²) in [7, 11) is 1.97. The number of halogens is 1. The fourth-order valence-electron chi connectivity index (χ4n) is 3.35. The molecule has 2 atom stereocenters. The molecule has 1 N–H and O–H groups in total. The van der Waals surface area contributed by atoms with E-state index in [-0.39, 0.29) is 12.1 Å². The lowest BCUT2D eigenvalue weighted by Crippen LogP contribution is -2.24. The van der Waals surface area contributed by atoms with Crippen molar-refractivity contribution in [3.8, 4) is 11.3 Å². The third-order valence-electron chi connectivity index (χ3n) is 4.79. The Kier molecular flexibility index (Phi) is 4.42. The number of pyridine rings is 1. The van der Waals surface area contributed by atoms with E-state index in [0.29, 0.717) is 5.11 Å². The van der Waals surface area contributed by atoms with Crippen molar-refractivity contribution in [3.63, 3.8) is 0 Å². The highest BCUT2D eigenvalue weighted by molar-refractivity contribution is 7.80. The lowest BCUT2D eigenvalue weighted by molar-refractivity contribution is 0.310. The molecule has 1 aliphatic heterocycles. The third kappa shape index (κ3) is 2.87. The minimum atomic E-state index is -0.0642. The molecule has 1 aromatic carbocycles. The molecular formula is C20H18ClN3OS. The van der Waals surface area contributed by atoms with Crippen LogP contribution in [0.25, 0.3) is 11.3 Å². The predicted octanol–water partition coefficient (Wildman–Crippen LogP) is 4.91. The summed E-state index contributed by atoms with van der Waals surface area (Å²) >= 11 is 11.7. The normalized spacial score (nSPS) is 19.7. The molecule has 3 heterocycles. The number of hydrogen-bond acceptors (Lipinski definition) is 3. The first-order valence-corrected chi connectivity index (χ1v) is 9.14. The summed E-state index contributed by atoms with van der Waals surface area (Å²) < 4.78 is 6.23. The molecular weight excluding hydrogens is 366 g/mol. The summed E-state index contributed by atoms with van der Waals surface area (Å²) in [6.45, 7) is 1.99. The maximum Gasteiger partial charge on any atom is 0.170 e. The first-order chi connectivity index (χ1) is 12.6. The molecule has 4 nitrogen and oxygen atoms in total. The topological polar surface area (TPSA) is 41.3 Å². The standard InChI is InChI=1S/C20H18ClN3OS/c1-12-13(6-5-7-14(12)21)16-9-10-17(25-16)19-18(23-20(26)24(19)2)15-8-3-4-11-22-15/h3-11,18-19H,1-2H3,(H,23,26). The molecule has 0 aliphatic carbocycles. The van der Waals surface area contributed by atoms with Crippen LogP contribution in [0.2, 0.25) is 5.02 Å². The fourth-order valence-corrected chi connectivity index (χ4v) is 3.76. The largest absolute Gasteiger partial charge is 0.459 e. The first-order valence-electron chi connectivity index (χ1n) is 8.35. The van der Waals surface area contributed by atoms with Gasteiger partial charge in [0.05, 0.1) is 11.7 Å². The van der Waals surface area contributed by atoms with E-state index < -0.39 is 0 Å². The molecule has 3 aromatic rings. The molecule has 0 radical (unpaired) electrons. The van der Waals surface area contributed by atoms with Crippen LogP contribution in [0.3, 0.4) is 0 Å². The van der Waals surface area contributed by atoms with Crippen LogP contribution in [0.5, 0.6) is 0 Å². The Labute approximate surface area is 162 Å². The lowest BCUT2D eigenvalue weighted by Gasteiger charge is -2.21. The number of likely N-dealkylation sites (N-methyl/N-ethyl adjacent to an activating group) is 1. The smallest absolute Gasteiger partial charge is 0.170 e. The number of hydrogen-bond donors (Lipinski definition) is 1. The Bertz CT molecular complexity index is 957. The monoisotopic (exact) mass is 383 g/mol. The Morgan fingerprint density at radius 2 is 2.00 bits per heavy atom. The van der Waals surface area contributed by atoms with Crippen molar-refractivity contribution in [2.45, 2.75) is 19.0 Å². The molecule has 1 aliphatic rings. The molecule has 1 saturated heterocycles. The van der Waals surface area contributed by atoms with Crippen LogP contribution in [-0.2, 0) is 0 Å². The highest BCUT2D eigenvalue weighted by Gasteiger charge is 2.39. The predicted molar refractivity (Wildman–Crippen MR) is 107 cm³/mol. The molecule has 0 saturated carbocycles. The maximum atomic E-state index is 6.26. The molecule has 26 heavy (non-hydrogen) atoms. The third-order valence-corrected chi connectivity index (χ3v) is 5.61. The molecule has 132 valence electrons. The van der Waals surface area contributed by atoms with Crippen molar-refractivity contribution in [1.82, 2.24) is 15.2 Å². The average molecular weight is 384 g/mol. The summed E-state index contributed by atoms with van der Waals surface area (Å²) in [5, 5.41) is 4.76. The Balaban J connectivity index is 1.73. The van der Waals surface area contributed by atoms with Crippen LogP contribution in [0, 0.1) is 6.92 Å². The van der Waals surface area contributed by atoms with Gasteiger partial charge in [-0.1, -0.05) is 29.8 Å². The number of benzene rings is 1.